The molecule has 3 aromatic rings. The van der Waals surface area contributed by atoms with Gasteiger partial charge in [-0.2, -0.15) is 13.2 Å². The second-order valence-corrected chi connectivity index (χ2v) is 7.61. The summed E-state index contributed by atoms with van der Waals surface area (Å²) in [5, 5.41) is 0.238. The van der Waals surface area contributed by atoms with Gasteiger partial charge in [-0.25, -0.2) is 8.78 Å². The van der Waals surface area contributed by atoms with E-state index in [0.717, 1.165) is 6.07 Å². The number of aromatic nitrogens is 2. The number of pyridine rings is 2. The fourth-order valence-corrected chi connectivity index (χ4v) is 3.98. The summed E-state index contributed by atoms with van der Waals surface area (Å²) in [6, 6.07) is 5.33. The van der Waals surface area contributed by atoms with E-state index < -0.39 is 29.6 Å². The zero-order valence-electron chi connectivity index (χ0n) is 17.0. The van der Waals surface area contributed by atoms with Crippen LogP contribution >= 0.6 is 0 Å². The first-order valence-corrected chi connectivity index (χ1v) is 9.78. The van der Waals surface area contributed by atoms with Crippen molar-refractivity contribution in [1.29, 1.82) is 0 Å². The number of alkyl halides is 3. The lowest BCUT2D eigenvalue weighted by atomic mass is 9.92. The summed E-state index contributed by atoms with van der Waals surface area (Å²) in [5.74, 6) is -4.27. The lowest BCUT2D eigenvalue weighted by molar-refractivity contribution is -0.172. The van der Waals surface area contributed by atoms with Crippen molar-refractivity contribution in [1.82, 2.24) is 9.97 Å². The fourth-order valence-electron chi connectivity index (χ4n) is 3.98. The van der Waals surface area contributed by atoms with E-state index in [0.29, 0.717) is 17.5 Å². The molecule has 2 heterocycles. The van der Waals surface area contributed by atoms with Crippen LogP contribution in [0.15, 0.2) is 41.5 Å². The maximum absolute atomic E-state index is 13.4. The van der Waals surface area contributed by atoms with Crippen LogP contribution in [0.5, 0.6) is 0 Å². The third-order valence-corrected chi connectivity index (χ3v) is 5.62. The number of aromatic amines is 1. The van der Waals surface area contributed by atoms with Crippen molar-refractivity contribution in [3.63, 3.8) is 0 Å². The van der Waals surface area contributed by atoms with E-state index in [9.17, 15) is 31.5 Å². The third kappa shape index (κ3) is 4.79. The number of fused-ring (bicyclic) bond motifs is 1. The molecule has 0 aliphatic heterocycles. The Kier molecular flexibility index (Phi) is 6.61. The lowest BCUT2D eigenvalue weighted by Gasteiger charge is -2.16. The highest BCUT2D eigenvalue weighted by Crippen LogP contribution is 2.46. The second kappa shape index (κ2) is 9.05. The molecule has 0 saturated heterocycles. The van der Waals surface area contributed by atoms with Gasteiger partial charge in [0.2, 0.25) is 0 Å². The molecule has 1 aromatic carbocycles. The van der Waals surface area contributed by atoms with E-state index in [1.807, 2.05) is 0 Å². The Hall–Kier alpha value is -3.30. The van der Waals surface area contributed by atoms with Gasteiger partial charge in [0.1, 0.15) is 5.69 Å². The highest BCUT2D eigenvalue weighted by atomic mass is 19.4. The molecule has 0 bridgehead atoms. The minimum atomic E-state index is -4.19. The van der Waals surface area contributed by atoms with E-state index in [1.54, 1.807) is 6.07 Å². The summed E-state index contributed by atoms with van der Waals surface area (Å²) in [6.45, 7) is 1.41. The summed E-state index contributed by atoms with van der Waals surface area (Å²) >= 11 is 0. The summed E-state index contributed by atoms with van der Waals surface area (Å²) in [4.78, 5) is 29.0. The number of primary amides is 1. The van der Waals surface area contributed by atoms with Crippen molar-refractivity contribution in [2.45, 2.75) is 38.3 Å². The average Bonchev–Trinajstić information content (AvgIpc) is 3.23. The number of nitrogens with one attached hydrogen (secondary N) is 1. The fraction of sp³-hybridized carbons (Fsp3) is 0.318. The van der Waals surface area contributed by atoms with Gasteiger partial charge in [-0.15, -0.1) is 0 Å². The largest absolute Gasteiger partial charge is 0.391 e. The summed E-state index contributed by atoms with van der Waals surface area (Å²) in [7, 11) is 0. The number of hydrogen-bond donors (Lipinski definition) is 2. The predicted molar refractivity (Wildman–Crippen MR) is 108 cm³/mol. The molecule has 1 aliphatic carbocycles. The van der Waals surface area contributed by atoms with Crippen molar-refractivity contribution < 1.29 is 26.7 Å². The smallest absolute Gasteiger partial charge is 0.364 e. The predicted octanol–water partition coefficient (Wildman–Crippen LogP) is 4.74. The van der Waals surface area contributed by atoms with Crippen LogP contribution in [-0.4, -0.2) is 22.1 Å². The first-order chi connectivity index (χ1) is 15.0. The highest BCUT2D eigenvalue weighted by molar-refractivity contribution is 6.03. The van der Waals surface area contributed by atoms with Crippen LogP contribution < -0.4 is 11.2 Å². The standard InChI is InChI=1S/C13H13F5.C9H7N3O2/c1-7-10(4-5-11(14)12(7)15)8-2-3-9(6-8)13(16,17)18;10-9(14)8-7-5(1-3-12-8)11-4-2-6(7)13/h4-5,8-9H,2-3,6H2,1H3;1-4H,(H2,10,14)(H,11,13)/t8-,9?;/m1./s1. The normalized spacial score (nSPS) is 18.3. The monoisotopic (exact) mass is 453 g/mol. The highest BCUT2D eigenvalue weighted by Gasteiger charge is 2.44. The van der Waals surface area contributed by atoms with Crippen LogP contribution in [0.25, 0.3) is 10.9 Å². The van der Waals surface area contributed by atoms with Gasteiger partial charge in [-0.1, -0.05) is 6.07 Å². The van der Waals surface area contributed by atoms with Crippen LogP contribution in [0.3, 0.4) is 0 Å². The van der Waals surface area contributed by atoms with Gasteiger partial charge in [0, 0.05) is 18.5 Å². The van der Waals surface area contributed by atoms with Crippen LogP contribution in [0.2, 0.25) is 0 Å². The number of benzene rings is 1. The van der Waals surface area contributed by atoms with Gasteiger partial charge in [-0.05, 0) is 55.4 Å². The maximum atomic E-state index is 13.4. The van der Waals surface area contributed by atoms with Crippen molar-refractivity contribution in [3.05, 3.63) is 75.3 Å². The Balaban J connectivity index is 0.000000186. The molecular formula is C22H20F5N3O2. The molecule has 170 valence electrons. The zero-order valence-corrected chi connectivity index (χ0v) is 17.0. The number of carbonyl (C=O) groups excluding carboxylic acids is 1. The summed E-state index contributed by atoms with van der Waals surface area (Å²) < 4.78 is 64.0. The van der Waals surface area contributed by atoms with Crippen molar-refractivity contribution >= 4 is 16.8 Å². The Labute approximate surface area is 179 Å². The first kappa shape index (κ1) is 23.4. The van der Waals surface area contributed by atoms with Crippen LogP contribution in [0.4, 0.5) is 22.0 Å². The van der Waals surface area contributed by atoms with Gasteiger partial charge >= 0.3 is 6.18 Å². The number of amides is 1. The van der Waals surface area contributed by atoms with E-state index in [1.165, 1.54) is 31.5 Å². The Morgan fingerprint density at radius 2 is 1.88 bits per heavy atom. The summed E-state index contributed by atoms with van der Waals surface area (Å²) in [6.07, 6.45) is -0.854. The number of rotatable bonds is 2. The first-order valence-electron chi connectivity index (χ1n) is 9.78. The minimum Gasteiger partial charge on any atom is -0.364 e. The van der Waals surface area contributed by atoms with Gasteiger partial charge in [-0.3, -0.25) is 14.6 Å². The number of carbonyl (C=O) groups is 1. The molecular weight excluding hydrogens is 433 g/mol. The van der Waals surface area contributed by atoms with Gasteiger partial charge < -0.3 is 10.7 Å². The van der Waals surface area contributed by atoms with E-state index in [4.69, 9.17) is 5.73 Å². The van der Waals surface area contributed by atoms with E-state index in [-0.39, 0.29) is 40.8 Å². The van der Waals surface area contributed by atoms with Crippen molar-refractivity contribution in [3.8, 4) is 0 Å². The topological polar surface area (TPSA) is 88.8 Å². The maximum Gasteiger partial charge on any atom is 0.391 e. The average molecular weight is 453 g/mol. The van der Waals surface area contributed by atoms with Gasteiger partial charge in [0.25, 0.3) is 5.91 Å². The molecule has 10 heteroatoms. The molecule has 4 rings (SSSR count). The molecule has 3 N–H and O–H groups in total. The number of nitrogens with two attached hydrogens (primary N) is 1. The second-order valence-electron chi connectivity index (χ2n) is 7.61. The van der Waals surface area contributed by atoms with Crippen LogP contribution in [-0.2, 0) is 0 Å². The molecule has 1 fully saturated rings. The molecule has 2 atom stereocenters. The lowest BCUT2D eigenvalue weighted by Crippen LogP contribution is -2.19. The molecule has 1 saturated carbocycles. The quantitative estimate of drug-likeness (QED) is 0.550. The van der Waals surface area contributed by atoms with Gasteiger partial charge in [0.05, 0.1) is 16.8 Å². The van der Waals surface area contributed by atoms with Crippen LogP contribution in [0.1, 0.15) is 46.8 Å². The molecule has 2 aromatic heterocycles. The molecule has 1 amide bonds. The SMILES string of the molecule is Cc1c([C@@H]2CCC(C(F)(F)F)C2)ccc(F)c1F.NC(=O)c1nccc2[nH]ccc(=O)c12. The number of halogens is 5. The molecule has 5 nitrogen and oxygen atoms in total. The third-order valence-electron chi connectivity index (χ3n) is 5.62. The van der Waals surface area contributed by atoms with Gasteiger partial charge in [0.15, 0.2) is 17.1 Å². The number of nitrogens with zero attached hydrogens (tertiary/aromatic N) is 1. The Morgan fingerprint density at radius 1 is 1.16 bits per heavy atom. The molecule has 0 radical (unpaired) electrons. The Morgan fingerprint density at radius 3 is 2.50 bits per heavy atom. The van der Waals surface area contributed by atoms with Crippen LogP contribution in [0, 0.1) is 24.5 Å². The summed E-state index contributed by atoms with van der Waals surface area (Å²) in [5.41, 5.74) is 6.02. The number of H-pyrrole nitrogens is 1. The number of hydrogen-bond acceptors (Lipinski definition) is 3. The molecule has 0 spiro atoms. The van der Waals surface area contributed by atoms with E-state index >= 15 is 0 Å². The van der Waals surface area contributed by atoms with Crippen molar-refractivity contribution in [2.75, 3.05) is 0 Å². The Bertz CT molecular complexity index is 1200. The molecule has 32 heavy (non-hydrogen) atoms. The zero-order chi connectivity index (χ0) is 23.6. The minimum absolute atomic E-state index is 0.00403. The molecule has 1 unspecified atom stereocenters. The van der Waals surface area contributed by atoms with Crippen molar-refractivity contribution in [2.24, 2.45) is 11.7 Å². The van der Waals surface area contributed by atoms with E-state index in [2.05, 4.69) is 9.97 Å². The molecule has 1 aliphatic rings.